The number of anilines is 1. The number of amides is 2. The van der Waals surface area contributed by atoms with Crippen LogP contribution in [0.2, 0.25) is 0 Å². The number of rotatable bonds is 4. The van der Waals surface area contributed by atoms with Gasteiger partial charge >= 0.3 is 0 Å². The molecule has 1 aliphatic heterocycles. The topological polar surface area (TPSA) is 69.9 Å². The van der Waals surface area contributed by atoms with E-state index in [2.05, 4.69) is 39.3 Å². The van der Waals surface area contributed by atoms with Crippen LogP contribution in [-0.4, -0.2) is 53.9 Å². The van der Waals surface area contributed by atoms with Crippen molar-refractivity contribution in [3.05, 3.63) is 63.2 Å². The van der Waals surface area contributed by atoms with Crippen LogP contribution in [0.1, 0.15) is 53.3 Å². The van der Waals surface area contributed by atoms with Crippen molar-refractivity contribution in [2.24, 2.45) is 11.8 Å². The second-order valence-corrected chi connectivity index (χ2v) is 10.2. The SMILES string of the molecule is CC1CCC(N2CCN(c3ccc(C(=O)N(N)C(=O)c4ccc(I)cc4)cc3)CC2)CC1. The Kier molecular flexibility index (Phi) is 7.48. The molecule has 0 unspecified atom stereocenters. The number of piperazine rings is 1. The molecule has 6 nitrogen and oxygen atoms in total. The van der Waals surface area contributed by atoms with Crippen LogP contribution in [0.3, 0.4) is 0 Å². The lowest BCUT2D eigenvalue weighted by Crippen LogP contribution is -2.51. The molecule has 4 rings (SSSR count). The monoisotopic (exact) mass is 546 g/mol. The van der Waals surface area contributed by atoms with E-state index in [4.69, 9.17) is 5.84 Å². The maximum absolute atomic E-state index is 12.7. The summed E-state index contributed by atoms with van der Waals surface area (Å²) in [7, 11) is 0. The van der Waals surface area contributed by atoms with Crippen LogP contribution in [0.25, 0.3) is 0 Å². The first-order valence-electron chi connectivity index (χ1n) is 11.4. The van der Waals surface area contributed by atoms with Crippen molar-refractivity contribution in [3.8, 4) is 0 Å². The minimum atomic E-state index is -0.510. The summed E-state index contributed by atoms with van der Waals surface area (Å²) in [6.45, 7) is 6.52. The molecule has 170 valence electrons. The Morgan fingerprint density at radius 3 is 1.88 bits per heavy atom. The molecule has 0 bridgehead atoms. The standard InChI is InChI=1S/C25H31IN4O2/c1-18-2-10-22(11-3-18)28-14-16-29(17-15-28)23-12-6-20(7-13-23)25(32)30(27)24(31)19-4-8-21(26)9-5-19/h4-9,12-13,18,22H,2-3,10-11,14-17,27H2,1H3. The Morgan fingerprint density at radius 1 is 0.844 bits per heavy atom. The second kappa shape index (κ2) is 10.3. The summed E-state index contributed by atoms with van der Waals surface area (Å²) in [5.74, 6) is 5.72. The summed E-state index contributed by atoms with van der Waals surface area (Å²) in [6, 6.07) is 15.1. The maximum Gasteiger partial charge on any atom is 0.275 e. The van der Waals surface area contributed by atoms with E-state index in [9.17, 15) is 9.59 Å². The van der Waals surface area contributed by atoms with Crippen LogP contribution in [0, 0.1) is 9.49 Å². The number of benzene rings is 2. The van der Waals surface area contributed by atoms with E-state index in [-0.39, 0.29) is 0 Å². The summed E-state index contributed by atoms with van der Waals surface area (Å²) in [6.07, 6.45) is 5.36. The van der Waals surface area contributed by atoms with Gasteiger partial charge in [0.1, 0.15) is 0 Å². The highest BCUT2D eigenvalue weighted by Gasteiger charge is 2.27. The number of imide groups is 1. The zero-order valence-electron chi connectivity index (χ0n) is 18.5. The minimum absolute atomic E-state index is 0.392. The van der Waals surface area contributed by atoms with Crippen molar-refractivity contribution in [3.63, 3.8) is 0 Å². The van der Waals surface area contributed by atoms with Crippen LogP contribution in [0.4, 0.5) is 5.69 Å². The molecule has 2 fully saturated rings. The Bertz CT molecular complexity index is 931. The van der Waals surface area contributed by atoms with Gasteiger partial charge < -0.3 is 4.90 Å². The molecular weight excluding hydrogens is 515 g/mol. The molecule has 2 aromatic carbocycles. The van der Waals surface area contributed by atoms with Crippen LogP contribution >= 0.6 is 22.6 Å². The van der Waals surface area contributed by atoms with E-state index in [1.165, 1.54) is 25.7 Å². The fourth-order valence-corrected chi connectivity index (χ4v) is 5.09. The van der Waals surface area contributed by atoms with E-state index in [1.807, 2.05) is 24.3 Å². The highest BCUT2D eigenvalue weighted by molar-refractivity contribution is 14.1. The lowest BCUT2D eigenvalue weighted by molar-refractivity contribution is 0.0615. The molecule has 0 aromatic heterocycles. The lowest BCUT2D eigenvalue weighted by Gasteiger charge is -2.42. The highest BCUT2D eigenvalue weighted by Crippen LogP contribution is 2.28. The predicted molar refractivity (Wildman–Crippen MR) is 135 cm³/mol. The molecule has 2 N–H and O–H groups in total. The van der Waals surface area contributed by atoms with E-state index in [1.54, 1.807) is 24.3 Å². The van der Waals surface area contributed by atoms with Crippen LogP contribution in [0.5, 0.6) is 0 Å². The first-order valence-corrected chi connectivity index (χ1v) is 12.5. The molecule has 0 radical (unpaired) electrons. The third-order valence-corrected chi connectivity index (χ3v) is 7.54. The lowest BCUT2D eigenvalue weighted by atomic mass is 9.86. The van der Waals surface area contributed by atoms with Crippen molar-refractivity contribution in [2.45, 2.75) is 38.6 Å². The molecule has 2 aliphatic rings. The Balaban J connectivity index is 1.33. The second-order valence-electron chi connectivity index (χ2n) is 8.97. The molecule has 2 amide bonds. The van der Waals surface area contributed by atoms with Gasteiger partial charge in [0.15, 0.2) is 0 Å². The molecular formula is C25H31IN4O2. The van der Waals surface area contributed by atoms with Gasteiger partial charge in [-0.25, -0.2) is 10.9 Å². The maximum atomic E-state index is 12.7. The largest absolute Gasteiger partial charge is 0.369 e. The number of halogens is 1. The van der Waals surface area contributed by atoms with Crippen molar-refractivity contribution in [1.29, 1.82) is 0 Å². The minimum Gasteiger partial charge on any atom is -0.369 e. The van der Waals surface area contributed by atoms with E-state index >= 15 is 0 Å². The number of nitrogens with zero attached hydrogens (tertiary/aromatic N) is 3. The van der Waals surface area contributed by atoms with E-state index in [0.29, 0.717) is 16.1 Å². The smallest absolute Gasteiger partial charge is 0.275 e. The highest BCUT2D eigenvalue weighted by atomic mass is 127. The number of nitrogens with two attached hydrogens (primary N) is 1. The molecule has 0 spiro atoms. The van der Waals surface area contributed by atoms with Gasteiger partial charge in [0, 0.05) is 52.6 Å². The molecule has 32 heavy (non-hydrogen) atoms. The number of carbonyl (C=O) groups is 2. The van der Waals surface area contributed by atoms with Crippen molar-refractivity contribution in [1.82, 2.24) is 9.91 Å². The summed E-state index contributed by atoms with van der Waals surface area (Å²) < 4.78 is 1.01. The van der Waals surface area contributed by atoms with E-state index < -0.39 is 11.8 Å². The summed E-state index contributed by atoms with van der Waals surface area (Å²) in [4.78, 5) is 30.3. The zero-order valence-corrected chi connectivity index (χ0v) is 20.7. The summed E-state index contributed by atoms with van der Waals surface area (Å²) >= 11 is 2.16. The number of hydrogen-bond donors (Lipinski definition) is 1. The fourth-order valence-electron chi connectivity index (χ4n) is 4.73. The molecule has 1 saturated heterocycles. The van der Waals surface area contributed by atoms with Gasteiger partial charge in [-0.05, 0) is 103 Å². The fraction of sp³-hybridized carbons (Fsp3) is 0.440. The average molecular weight is 546 g/mol. The van der Waals surface area contributed by atoms with Gasteiger partial charge in [0.25, 0.3) is 11.8 Å². The van der Waals surface area contributed by atoms with Gasteiger partial charge in [-0.3, -0.25) is 14.5 Å². The third kappa shape index (κ3) is 5.32. The van der Waals surface area contributed by atoms with Gasteiger partial charge in [0.2, 0.25) is 0 Å². The summed E-state index contributed by atoms with van der Waals surface area (Å²) in [5.41, 5.74) is 1.90. The number of carbonyl (C=O) groups excluding carboxylic acids is 2. The molecule has 1 aliphatic carbocycles. The Morgan fingerprint density at radius 2 is 1.34 bits per heavy atom. The van der Waals surface area contributed by atoms with Gasteiger partial charge in [-0.15, -0.1) is 0 Å². The van der Waals surface area contributed by atoms with Gasteiger partial charge in [0.05, 0.1) is 0 Å². The van der Waals surface area contributed by atoms with Crippen molar-refractivity contribution in [2.75, 3.05) is 31.1 Å². The third-order valence-electron chi connectivity index (χ3n) is 6.82. The number of hydrogen-bond acceptors (Lipinski definition) is 5. The molecule has 1 heterocycles. The predicted octanol–water partition coefficient (Wildman–Crippen LogP) is 4.15. The molecule has 2 aromatic rings. The van der Waals surface area contributed by atoms with E-state index in [0.717, 1.165) is 47.4 Å². The zero-order chi connectivity index (χ0) is 22.7. The normalized spacial score (nSPS) is 21.9. The Hall–Kier alpha value is -1.97. The first-order chi connectivity index (χ1) is 15.4. The first kappa shape index (κ1) is 23.2. The molecule has 0 atom stereocenters. The summed E-state index contributed by atoms with van der Waals surface area (Å²) in [5, 5.41) is 0.695. The average Bonchev–Trinajstić information content (AvgIpc) is 2.84. The van der Waals surface area contributed by atoms with Crippen molar-refractivity contribution < 1.29 is 9.59 Å². The Labute approximate surface area is 203 Å². The number of hydrazine groups is 1. The van der Waals surface area contributed by atoms with Gasteiger partial charge in [-0.2, -0.15) is 0 Å². The van der Waals surface area contributed by atoms with Crippen molar-refractivity contribution >= 4 is 40.1 Å². The quantitative estimate of drug-likeness (QED) is 0.205. The molecule has 7 heteroatoms. The van der Waals surface area contributed by atoms with Crippen LogP contribution in [-0.2, 0) is 0 Å². The van der Waals surface area contributed by atoms with Crippen LogP contribution < -0.4 is 10.7 Å². The van der Waals surface area contributed by atoms with Crippen LogP contribution in [0.15, 0.2) is 48.5 Å². The molecule has 1 saturated carbocycles. The van der Waals surface area contributed by atoms with Gasteiger partial charge in [-0.1, -0.05) is 6.92 Å².